The van der Waals surface area contributed by atoms with E-state index in [-0.39, 0.29) is 0 Å². The van der Waals surface area contributed by atoms with E-state index < -0.39 is 49.6 Å². The Morgan fingerprint density at radius 1 is 1.00 bits per heavy atom. The number of amides is 1. The number of ether oxygens (including phenoxy) is 1. The lowest BCUT2D eigenvalue weighted by Gasteiger charge is -2.33. The Morgan fingerprint density at radius 2 is 1.50 bits per heavy atom. The SMILES string of the molecule is C=CC(=O)NCOCCC(F)(F)C(F)(F)C(F)(F)C(F)(F)F. The summed E-state index contributed by atoms with van der Waals surface area (Å²) in [5, 5.41) is 1.87. The molecule has 1 N–H and O–H groups in total. The van der Waals surface area contributed by atoms with Crippen LogP contribution in [0.25, 0.3) is 0 Å². The van der Waals surface area contributed by atoms with Crippen molar-refractivity contribution in [1.82, 2.24) is 5.32 Å². The topological polar surface area (TPSA) is 38.3 Å². The molecule has 0 unspecified atom stereocenters. The zero-order valence-electron chi connectivity index (χ0n) is 10.6. The van der Waals surface area contributed by atoms with Crippen molar-refractivity contribution in [2.75, 3.05) is 13.3 Å². The Kier molecular flexibility index (Phi) is 6.30. The Hall–Kier alpha value is -1.46. The van der Waals surface area contributed by atoms with Crippen LogP contribution in [0.3, 0.4) is 0 Å². The maximum Gasteiger partial charge on any atom is 0.460 e. The molecule has 0 saturated heterocycles. The minimum absolute atomic E-state index is 0.748. The molecule has 0 aromatic carbocycles. The number of nitrogens with one attached hydrogen (secondary N) is 1. The van der Waals surface area contributed by atoms with E-state index in [0.717, 1.165) is 6.08 Å². The largest absolute Gasteiger partial charge is 0.460 e. The summed E-state index contributed by atoms with van der Waals surface area (Å²) in [5.74, 6) is -20.1. The molecule has 0 bridgehead atoms. The van der Waals surface area contributed by atoms with Crippen molar-refractivity contribution in [2.24, 2.45) is 0 Å². The van der Waals surface area contributed by atoms with Gasteiger partial charge in [-0.1, -0.05) is 6.58 Å². The van der Waals surface area contributed by atoms with E-state index in [2.05, 4.69) is 11.3 Å². The first-order valence-corrected chi connectivity index (χ1v) is 5.39. The van der Waals surface area contributed by atoms with Crippen LogP contribution in [0.2, 0.25) is 0 Å². The van der Waals surface area contributed by atoms with Crippen LogP contribution < -0.4 is 5.32 Å². The molecule has 0 atom stereocenters. The standard InChI is InChI=1S/C10H10F9NO2/c1-2-6(21)20-5-22-4-3-7(11,12)8(13,14)9(15,16)10(17,18)19/h2H,1,3-5H2,(H,20,21). The molecule has 0 aliphatic rings. The molecule has 0 aromatic heterocycles. The zero-order chi connectivity index (χ0) is 17.8. The summed E-state index contributed by atoms with van der Waals surface area (Å²) in [4.78, 5) is 10.6. The average Bonchev–Trinajstić information content (AvgIpc) is 2.36. The van der Waals surface area contributed by atoms with Gasteiger partial charge in [-0.05, 0) is 6.08 Å². The van der Waals surface area contributed by atoms with Gasteiger partial charge in [0, 0.05) is 6.42 Å². The Bertz CT molecular complexity index is 406. The third-order valence-corrected chi connectivity index (χ3v) is 2.30. The predicted molar refractivity (Wildman–Crippen MR) is 54.7 cm³/mol. The summed E-state index contributed by atoms with van der Waals surface area (Å²) in [5.41, 5.74) is 0. The molecule has 0 spiro atoms. The third kappa shape index (κ3) is 4.27. The number of carbonyl (C=O) groups is 1. The second kappa shape index (κ2) is 6.75. The van der Waals surface area contributed by atoms with Crippen LogP contribution in [-0.4, -0.2) is 43.2 Å². The van der Waals surface area contributed by atoms with Gasteiger partial charge < -0.3 is 10.1 Å². The van der Waals surface area contributed by atoms with E-state index in [1.807, 2.05) is 5.32 Å². The van der Waals surface area contributed by atoms with Gasteiger partial charge in [0.1, 0.15) is 6.73 Å². The lowest BCUT2D eigenvalue weighted by atomic mass is 10.0. The molecular weight excluding hydrogens is 337 g/mol. The van der Waals surface area contributed by atoms with Crippen LogP contribution in [0.4, 0.5) is 39.5 Å². The number of hydrogen-bond acceptors (Lipinski definition) is 2. The Morgan fingerprint density at radius 3 is 1.91 bits per heavy atom. The van der Waals surface area contributed by atoms with Crippen LogP contribution in [0, 0.1) is 0 Å². The molecule has 1 amide bonds. The highest BCUT2D eigenvalue weighted by molar-refractivity contribution is 5.86. The summed E-state index contributed by atoms with van der Waals surface area (Å²) >= 11 is 0. The minimum atomic E-state index is -6.92. The van der Waals surface area contributed by atoms with Gasteiger partial charge in [0.2, 0.25) is 5.91 Å². The van der Waals surface area contributed by atoms with Crippen LogP contribution >= 0.6 is 0 Å². The zero-order valence-corrected chi connectivity index (χ0v) is 10.6. The molecule has 0 fully saturated rings. The Balaban J connectivity index is 4.72. The van der Waals surface area contributed by atoms with E-state index in [1.165, 1.54) is 0 Å². The summed E-state index contributed by atoms with van der Waals surface area (Å²) < 4.78 is 116. The van der Waals surface area contributed by atoms with E-state index >= 15 is 0 Å². The van der Waals surface area contributed by atoms with E-state index in [1.54, 1.807) is 0 Å². The number of alkyl halides is 9. The fourth-order valence-electron chi connectivity index (χ4n) is 1.03. The number of carbonyl (C=O) groups excluding carboxylic acids is 1. The quantitative estimate of drug-likeness (QED) is 0.317. The minimum Gasteiger partial charge on any atom is -0.361 e. The third-order valence-electron chi connectivity index (χ3n) is 2.30. The first-order valence-electron chi connectivity index (χ1n) is 5.39. The highest BCUT2D eigenvalue weighted by Crippen LogP contribution is 2.53. The summed E-state index contributed by atoms with van der Waals surface area (Å²) in [7, 11) is 0. The van der Waals surface area contributed by atoms with Gasteiger partial charge in [-0.2, -0.15) is 39.5 Å². The van der Waals surface area contributed by atoms with E-state index in [0.29, 0.717) is 0 Å². The molecular formula is C10H10F9NO2. The molecule has 130 valence electrons. The molecule has 3 nitrogen and oxygen atoms in total. The maximum atomic E-state index is 13.0. The second-order valence-corrected chi connectivity index (χ2v) is 3.90. The fourth-order valence-corrected chi connectivity index (χ4v) is 1.03. The fraction of sp³-hybridized carbons (Fsp3) is 0.700. The molecule has 0 heterocycles. The van der Waals surface area contributed by atoms with Crippen molar-refractivity contribution >= 4 is 5.91 Å². The molecule has 0 aliphatic carbocycles. The van der Waals surface area contributed by atoms with E-state index in [9.17, 15) is 44.3 Å². The van der Waals surface area contributed by atoms with Crippen LogP contribution in [-0.2, 0) is 9.53 Å². The summed E-state index contributed by atoms with van der Waals surface area (Å²) in [6.07, 6.45) is -8.20. The van der Waals surface area contributed by atoms with Gasteiger partial charge in [-0.3, -0.25) is 4.79 Å². The van der Waals surface area contributed by atoms with Crippen molar-refractivity contribution < 1.29 is 49.0 Å². The van der Waals surface area contributed by atoms with Crippen LogP contribution in [0.15, 0.2) is 12.7 Å². The molecule has 0 aromatic rings. The molecule has 0 radical (unpaired) electrons. The maximum absolute atomic E-state index is 13.0. The molecule has 12 heteroatoms. The van der Waals surface area contributed by atoms with Crippen LogP contribution in [0.5, 0.6) is 0 Å². The molecule has 0 aliphatic heterocycles. The van der Waals surface area contributed by atoms with Crippen molar-refractivity contribution in [3.05, 3.63) is 12.7 Å². The molecule has 22 heavy (non-hydrogen) atoms. The highest BCUT2D eigenvalue weighted by Gasteiger charge is 2.81. The van der Waals surface area contributed by atoms with Crippen molar-refractivity contribution in [3.63, 3.8) is 0 Å². The smallest absolute Gasteiger partial charge is 0.361 e. The predicted octanol–water partition coefficient (Wildman–Crippen LogP) is 3.12. The lowest BCUT2D eigenvalue weighted by molar-refractivity contribution is -0.397. The second-order valence-electron chi connectivity index (χ2n) is 3.90. The number of hydrogen-bond donors (Lipinski definition) is 1. The van der Waals surface area contributed by atoms with Crippen molar-refractivity contribution in [2.45, 2.75) is 30.4 Å². The molecule has 0 rings (SSSR count). The molecule has 0 saturated carbocycles. The summed E-state index contributed by atoms with van der Waals surface area (Å²) in [6.45, 7) is 0.959. The van der Waals surface area contributed by atoms with Crippen molar-refractivity contribution in [3.8, 4) is 0 Å². The number of rotatable bonds is 8. The van der Waals surface area contributed by atoms with Gasteiger partial charge in [-0.15, -0.1) is 0 Å². The Labute approximate surface area is 118 Å². The van der Waals surface area contributed by atoms with Crippen LogP contribution in [0.1, 0.15) is 6.42 Å². The normalized spacial score (nSPS) is 13.9. The van der Waals surface area contributed by atoms with Gasteiger partial charge in [0.05, 0.1) is 6.61 Å². The van der Waals surface area contributed by atoms with E-state index in [4.69, 9.17) is 0 Å². The summed E-state index contributed by atoms with van der Waals surface area (Å²) in [6, 6.07) is 0. The van der Waals surface area contributed by atoms with Gasteiger partial charge in [-0.25, -0.2) is 0 Å². The lowest BCUT2D eigenvalue weighted by Crippen LogP contribution is -2.61. The van der Waals surface area contributed by atoms with Crippen molar-refractivity contribution in [1.29, 1.82) is 0 Å². The highest BCUT2D eigenvalue weighted by atomic mass is 19.4. The first kappa shape index (κ1) is 20.5. The first-order chi connectivity index (χ1) is 9.70. The van der Waals surface area contributed by atoms with Gasteiger partial charge in [0.25, 0.3) is 0 Å². The monoisotopic (exact) mass is 347 g/mol. The number of halogens is 9. The van der Waals surface area contributed by atoms with Gasteiger partial charge in [0.15, 0.2) is 0 Å². The average molecular weight is 347 g/mol. The van der Waals surface area contributed by atoms with Gasteiger partial charge >= 0.3 is 23.9 Å².